The average molecular weight is 201 g/mol. The number of carbonyl (C=O) groups is 1. The lowest BCUT2D eigenvalue weighted by molar-refractivity contribution is -0.170. The highest BCUT2D eigenvalue weighted by Crippen LogP contribution is 2.27. The molecule has 0 aromatic carbocycles. The van der Waals surface area contributed by atoms with Crippen molar-refractivity contribution < 1.29 is 9.63 Å². The number of hydrogen-bond donors (Lipinski definition) is 0. The van der Waals surface area contributed by atoms with Crippen molar-refractivity contribution in [1.82, 2.24) is 5.06 Å². The third-order valence-corrected chi connectivity index (χ3v) is 2.46. The van der Waals surface area contributed by atoms with E-state index < -0.39 is 0 Å². The Morgan fingerprint density at radius 1 is 1.43 bits per heavy atom. The molecule has 0 saturated carbocycles. The first-order valence-electron chi connectivity index (χ1n) is 5.23. The zero-order valence-electron chi connectivity index (χ0n) is 10.1. The monoisotopic (exact) mass is 201 g/mol. The predicted molar refractivity (Wildman–Crippen MR) is 57.7 cm³/mol. The molecule has 0 aromatic rings. The maximum absolute atomic E-state index is 11.6. The first-order chi connectivity index (χ1) is 6.43. The van der Waals surface area contributed by atoms with Gasteiger partial charge in [-0.05, 0) is 11.8 Å². The topological polar surface area (TPSA) is 29.5 Å². The van der Waals surface area contributed by atoms with E-state index in [-0.39, 0.29) is 11.3 Å². The molecule has 1 amide bonds. The molecule has 0 aliphatic heterocycles. The number of carbonyl (C=O) groups excluding carboxylic acids is 1. The molecule has 0 rings (SSSR count). The number of unbranched alkanes of at least 4 members (excludes halogenated alkanes) is 1. The smallest absolute Gasteiger partial charge is 0.246 e. The second-order valence-electron chi connectivity index (χ2n) is 4.52. The van der Waals surface area contributed by atoms with Crippen LogP contribution >= 0.6 is 0 Å². The molecule has 0 N–H and O–H groups in total. The van der Waals surface area contributed by atoms with E-state index >= 15 is 0 Å². The van der Waals surface area contributed by atoms with Crippen LogP contribution in [0.15, 0.2) is 0 Å². The van der Waals surface area contributed by atoms with E-state index in [1.807, 2.05) is 0 Å². The van der Waals surface area contributed by atoms with Gasteiger partial charge in [-0.15, -0.1) is 0 Å². The second kappa shape index (κ2) is 6.02. The van der Waals surface area contributed by atoms with Crippen LogP contribution in [0.2, 0.25) is 0 Å². The number of rotatable bonds is 6. The van der Waals surface area contributed by atoms with Crippen molar-refractivity contribution in [1.29, 1.82) is 0 Å². The summed E-state index contributed by atoms with van der Waals surface area (Å²) in [6, 6.07) is 0. The van der Waals surface area contributed by atoms with Crippen molar-refractivity contribution in [3.63, 3.8) is 0 Å². The Kier molecular flexibility index (Phi) is 5.77. The lowest BCUT2D eigenvalue weighted by Gasteiger charge is -2.25. The minimum Gasteiger partial charge on any atom is -0.275 e. The Labute approximate surface area is 87.4 Å². The lowest BCUT2D eigenvalue weighted by atomic mass is 9.83. The molecule has 0 atom stereocenters. The molecule has 0 saturated heterocycles. The Bertz CT molecular complexity index is 178. The third kappa shape index (κ3) is 5.22. The highest BCUT2D eigenvalue weighted by atomic mass is 16.7. The summed E-state index contributed by atoms with van der Waals surface area (Å²) in [5.41, 5.74) is 0.0832. The van der Waals surface area contributed by atoms with E-state index in [0.717, 1.165) is 6.42 Å². The van der Waals surface area contributed by atoms with Crippen LogP contribution < -0.4 is 0 Å². The van der Waals surface area contributed by atoms with E-state index in [1.165, 1.54) is 25.0 Å². The fraction of sp³-hybridized carbons (Fsp3) is 0.909. The van der Waals surface area contributed by atoms with Crippen molar-refractivity contribution in [2.24, 2.45) is 5.41 Å². The molecule has 0 aromatic heterocycles. The van der Waals surface area contributed by atoms with Crippen LogP contribution in [-0.2, 0) is 9.63 Å². The molecular formula is C11H23NO2. The van der Waals surface area contributed by atoms with Gasteiger partial charge in [-0.3, -0.25) is 9.63 Å². The summed E-state index contributed by atoms with van der Waals surface area (Å²) in [5.74, 6) is 0.0496. The van der Waals surface area contributed by atoms with Gasteiger partial charge in [-0.2, -0.15) is 0 Å². The van der Waals surface area contributed by atoms with Gasteiger partial charge in [0.2, 0.25) is 5.91 Å². The van der Waals surface area contributed by atoms with Crippen molar-refractivity contribution in [3.05, 3.63) is 0 Å². The second-order valence-corrected chi connectivity index (χ2v) is 4.52. The minimum atomic E-state index is 0.0496. The van der Waals surface area contributed by atoms with E-state index in [2.05, 4.69) is 20.8 Å². The van der Waals surface area contributed by atoms with Gasteiger partial charge in [0.15, 0.2) is 0 Å². The highest BCUT2D eigenvalue weighted by Gasteiger charge is 2.23. The van der Waals surface area contributed by atoms with Crippen LogP contribution in [0.4, 0.5) is 0 Å². The minimum absolute atomic E-state index is 0.0496. The molecule has 3 heteroatoms. The normalized spacial score (nSPS) is 11.5. The van der Waals surface area contributed by atoms with Gasteiger partial charge in [-0.1, -0.05) is 33.6 Å². The maximum Gasteiger partial charge on any atom is 0.246 e. The Balaban J connectivity index is 4.00. The largest absolute Gasteiger partial charge is 0.275 e. The molecular weight excluding hydrogens is 178 g/mol. The number of hydroxylamine groups is 2. The van der Waals surface area contributed by atoms with Gasteiger partial charge in [0, 0.05) is 13.5 Å². The summed E-state index contributed by atoms with van der Waals surface area (Å²) in [5, 5.41) is 1.30. The first-order valence-corrected chi connectivity index (χ1v) is 5.23. The van der Waals surface area contributed by atoms with Gasteiger partial charge < -0.3 is 0 Å². The molecule has 0 unspecified atom stereocenters. The fourth-order valence-corrected chi connectivity index (χ4v) is 1.37. The summed E-state index contributed by atoms with van der Waals surface area (Å²) >= 11 is 0. The molecule has 0 aliphatic carbocycles. The van der Waals surface area contributed by atoms with Crippen LogP contribution in [0.5, 0.6) is 0 Å². The van der Waals surface area contributed by atoms with E-state index in [9.17, 15) is 4.79 Å². The van der Waals surface area contributed by atoms with Crippen molar-refractivity contribution in [2.75, 3.05) is 14.2 Å². The standard InChI is InChI=1S/C11H23NO2/c1-6-7-8-11(2,3)9-10(13)12(4)14-5/h6-9H2,1-5H3. The molecule has 14 heavy (non-hydrogen) atoms. The summed E-state index contributed by atoms with van der Waals surface area (Å²) in [6.45, 7) is 6.42. The van der Waals surface area contributed by atoms with Crippen molar-refractivity contribution >= 4 is 5.91 Å². The summed E-state index contributed by atoms with van der Waals surface area (Å²) in [7, 11) is 3.16. The van der Waals surface area contributed by atoms with Crippen LogP contribution in [0, 0.1) is 5.41 Å². The Morgan fingerprint density at radius 3 is 2.43 bits per heavy atom. The number of nitrogens with zero attached hydrogens (tertiary/aromatic N) is 1. The van der Waals surface area contributed by atoms with Gasteiger partial charge in [0.1, 0.15) is 0 Å². The molecule has 0 radical (unpaired) electrons. The zero-order chi connectivity index (χ0) is 11.2. The average Bonchev–Trinajstić information content (AvgIpc) is 2.12. The van der Waals surface area contributed by atoms with Gasteiger partial charge in [0.05, 0.1) is 7.11 Å². The molecule has 84 valence electrons. The summed E-state index contributed by atoms with van der Waals surface area (Å²) in [4.78, 5) is 16.4. The lowest BCUT2D eigenvalue weighted by Crippen LogP contribution is -2.30. The van der Waals surface area contributed by atoms with Crippen LogP contribution in [-0.4, -0.2) is 25.1 Å². The van der Waals surface area contributed by atoms with Crippen molar-refractivity contribution in [2.45, 2.75) is 46.5 Å². The quantitative estimate of drug-likeness (QED) is 0.618. The molecule has 0 bridgehead atoms. The number of amides is 1. The maximum atomic E-state index is 11.6. The van der Waals surface area contributed by atoms with Crippen LogP contribution in [0.1, 0.15) is 46.5 Å². The van der Waals surface area contributed by atoms with Gasteiger partial charge in [0.25, 0.3) is 0 Å². The van der Waals surface area contributed by atoms with Crippen LogP contribution in [0.25, 0.3) is 0 Å². The molecule has 0 fully saturated rings. The predicted octanol–water partition coefficient (Wildman–Crippen LogP) is 2.61. The molecule has 0 spiro atoms. The fourth-order valence-electron chi connectivity index (χ4n) is 1.37. The highest BCUT2D eigenvalue weighted by molar-refractivity contribution is 5.75. The molecule has 0 aliphatic rings. The Hall–Kier alpha value is -0.570. The zero-order valence-corrected chi connectivity index (χ0v) is 10.1. The van der Waals surface area contributed by atoms with Gasteiger partial charge in [-0.25, -0.2) is 5.06 Å². The van der Waals surface area contributed by atoms with Gasteiger partial charge >= 0.3 is 0 Å². The number of hydrogen-bond acceptors (Lipinski definition) is 2. The summed E-state index contributed by atoms with van der Waals surface area (Å²) < 4.78 is 0. The molecule has 3 nitrogen and oxygen atoms in total. The van der Waals surface area contributed by atoms with E-state index in [0.29, 0.717) is 6.42 Å². The third-order valence-electron chi connectivity index (χ3n) is 2.46. The first kappa shape index (κ1) is 13.4. The summed E-state index contributed by atoms with van der Waals surface area (Å²) in [6.07, 6.45) is 4.00. The molecule has 0 heterocycles. The van der Waals surface area contributed by atoms with E-state index in [4.69, 9.17) is 4.84 Å². The van der Waals surface area contributed by atoms with Crippen LogP contribution in [0.3, 0.4) is 0 Å². The Morgan fingerprint density at radius 2 is 2.00 bits per heavy atom. The SMILES string of the molecule is CCCCC(C)(C)CC(=O)N(C)OC. The van der Waals surface area contributed by atoms with E-state index in [1.54, 1.807) is 7.05 Å². The van der Waals surface area contributed by atoms with Crippen molar-refractivity contribution in [3.8, 4) is 0 Å².